The molecule has 1 aliphatic rings. The molecule has 9 nitrogen and oxygen atoms in total. The topological polar surface area (TPSA) is 118 Å². The van der Waals surface area contributed by atoms with Crippen LogP contribution in [0.4, 0.5) is 11.4 Å². The standard InChI is InChI=1S/C18H20ClN3O6S/c1-11(27-2)17(24)21-13-7-16-18(20-8-13)28-14(10-23)9-22(16)29(25,26)15-5-3-4-12(19)6-15/h3-8,11,14,23H,9-10H2,1-2H3,(H,21,24)/t11-,14-/m1/s1. The molecule has 3 rings (SSSR count). The number of amides is 1. The first-order valence-corrected chi connectivity index (χ1v) is 10.5. The fraction of sp³-hybridized carbons (Fsp3) is 0.333. The van der Waals surface area contributed by atoms with Gasteiger partial charge in [-0.15, -0.1) is 0 Å². The van der Waals surface area contributed by atoms with E-state index in [0.29, 0.717) is 0 Å². The van der Waals surface area contributed by atoms with Crippen LogP contribution in [-0.2, 0) is 19.6 Å². The van der Waals surface area contributed by atoms with E-state index >= 15 is 0 Å². The molecule has 29 heavy (non-hydrogen) atoms. The molecule has 0 unspecified atom stereocenters. The predicted molar refractivity (Wildman–Crippen MR) is 107 cm³/mol. The summed E-state index contributed by atoms with van der Waals surface area (Å²) in [6.07, 6.45) is -0.159. The van der Waals surface area contributed by atoms with E-state index in [1.54, 1.807) is 13.0 Å². The van der Waals surface area contributed by atoms with Crippen molar-refractivity contribution in [1.82, 2.24) is 4.98 Å². The number of ether oxygens (including phenoxy) is 2. The van der Waals surface area contributed by atoms with Gasteiger partial charge in [0.05, 0.1) is 29.9 Å². The molecule has 2 atom stereocenters. The summed E-state index contributed by atoms with van der Waals surface area (Å²) in [6.45, 7) is 1.05. The van der Waals surface area contributed by atoms with Crippen LogP contribution in [0, 0.1) is 0 Å². The summed E-state index contributed by atoms with van der Waals surface area (Å²) < 4.78 is 38.1. The number of fused-ring (bicyclic) bond motifs is 1. The van der Waals surface area contributed by atoms with Crippen molar-refractivity contribution in [3.05, 3.63) is 41.6 Å². The Morgan fingerprint density at radius 2 is 2.24 bits per heavy atom. The van der Waals surface area contributed by atoms with Crippen molar-refractivity contribution in [2.24, 2.45) is 0 Å². The predicted octanol–water partition coefficient (Wildman–Crippen LogP) is 1.66. The Morgan fingerprint density at radius 3 is 2.90 bits per heavy atom. The highest BCUT2D eigenvalue weighted by Crippen LogP contribution is 2.37. The van der Waals surface area contributed by atoms with Crippen LogP contribution in [-0.4, -0.2) is 56.9 Å². The number of carbonyl (C=O) groups excluding carboxylic acids is 1. The molecule has 156 valence electrons. The number of aliphatic hydroxyl groups is 1. The van der Waals surface area contributed by atoms with Gasteiger partial charge in [-0.05, 0) is 31.2 Å². The molecule has 0 saturated heterocycles. The third-order valence-corrected chi connectivity index (χ3v) is 6.34. The van der Waals surface area contributed by atoms with E-state index in [2.05, 4.69) is 10.3 Å². The molecule has 1 amide bonds. The highest BCUT2D eigenvalue weighted by Gasteiger charge is 2.35. The molecule has 2 heterocycles. The van der Waals surface area contributed by atoms with Crippen molar-refractivity contribution in [3.8, 4) is 5.88 Å². The van der Waals surface area contributed by atoms with E-state index in [-0.39, 0.29) is 33.7 Å². The highest BCUT2D eigenvalue weighted by atomic mass is 35.5. The summed E-state index contributed by atoms with van der Waals surface area (Å²) in [5.41, 5.74) is 0.410. The number of rotatable bonds is 6. The fourth-order valence-corrected chi connectivity index (χ4v) is 4.47. The lowest BCUT2D eigenvalue weighted by Gasteiger charge is -2.34. The Kier molecular flexibility index (Phi) is 6.27. The van der Waals surface area contributed by atoms with Gasteiger partial charge in [-0.25, -0.2) is 13.4 Å². The molecule has 11 heteroatoms. The second kappa shape index (κ2) is 8.54. The Balaban J connectivity index is 2.03. The number of hydrogen-bond donors (Lipinski definition) is 2. The number of anilines is 2. The summed E-state index contributed by atoms with van der Waals surface area (Å²) in [4.78, 5) is 16.2. The van der Waals surface area contributed by atoms with E-state index < -0.39 is 34.7 Å². The van der Waals surface area contributed by atoms with E-state index in [1.807, 2.05) is 0 Å². The number of sulfonamides is 1. The van der Waals surface area contributed by atoms with Gasteiger partial charge in [0.1, 0.15) is 17.9 Å². The largest absolute Gasteiger partial charge is 0.468 e. The van der Waals surface area contributed by atoms with Crippen molar-refractivity contribution in [3.63, 3.8) is 0 Å². The van der Waals surface area contributed by atoms with Crippen LogP contribution >= 0.6 is 11.6 Å². The maximum atomic E-state index is 13.2. The average Bonchev–Trinajstić information content (AvgIpc) is 2.72. The van der Waals surface area contributed by atoms with Gasteiger partial charge in [0.15, 0.2) is 0 Å². The molecule has 1 aromatic heterocycles. The first-order valence-electron chi connectivity index (χ1n) is 8.65. The van der Waals surface area contributed by atoms with Gasteiger partial charge in [0, 0.05) is 12.1 Å². The maximum Gasteiger partial charge on any atom is 0.264 e. The molecule has 0 fully saturated rings. The Morgan fingerprint density at radius 1 is 1.48 bits per heavy atom. The van der Waals surface area contributed by atoms with E-state index in [0.717, 1.165) is 4.31 Å². The van der Waals surface area contributed by atoms with Crippen LogP contribution in [0.15, 0.2) is 41.4 Å². The summed E-state index contributed by atoms with van der Waals surface area (Å²) in [5, 5.41) is 12.4. The second-order valence-corrected chi connectivity index (χ2v) is 8.63. The monoisotopic (exact) mass is 441 g/mol. The minimum absolute atomic E-state index is 0.0167. The molecule has 2 aromatic rings. The summed E-state index contributed by atoms with van der Waals surface area (Å²) in [6, 6.07) is 7.29. The third-order valence-electron chi connectivity index (χ3n) is 4.33. The van der Waals surface area contributed by atoms with Crippen molar-refractivity contribution < 1.29 is 27.8 Å². The zero-order valence-corrected chi connectivity index (χ0v) is 17.3. The van der Waals surface area contributed by atoms with Crippen LogP contribution in [0.1, 0.15) is 6.92 Å². The van der Waals surface area contributed by atoms with Gasteiger partial charge in [-0.3, -0.25) is 9.10 Å². The molecular formula is C18H20ClN3O6S. The number of aromatic nitrogens is 1. The number of nitrogens with zero attached hydrogens (tertiary/aromatic N) is 2. The van der Waals surface area contributed by atoms with Crippen LogP contribution in [0.25, 0.3) is 0 Å². The number of pyridine rings is 1. The van der Waals surface area contributed by atoms with Gasteiger partial charge < -0.3 is 19.9 Å². The normalized spacial score (nSPS) is 17.2. The zero-order chi connectivity index (χ0) is 21.2. The first kappa shape index (κ1) is 21.3. The fourth-order valence-electron chi connectivity index (χ4n) is 2.69. The van der Waals surface area contributed by atoms with E-state index in [4.69, 9.17) is 21.1 Å². The number of halogens is 1. The maximum absolute atomic E-state index is 13.2. The number of aliphatic hydroxyl groups excluding tert-OH is 1. The summed E-state index contributed by atoms with van der Waals surface area (Å²) >= 11 is 5.95. The lowest BCUT2D eigenvalue weighted by molar-refractivity contribution is -0.124. The second-order valence-electron chi connectivity index (χ2n) is 6.33. The molecule has 0 bridgehead atoms. The van der Waals surface area contributed by atoms with Crippen LogP contribution < -0.4 is 14.4 Å². The molecule has 0 radical (unpaired) electrons. The number of methoxy groups -OCH3 is 1. The van der Waals surface area contributed by atoms with Gasteiger partial charge in [0.2, 0.25) is 5.88 Å². The van der Waals surface area contributed by atoms with Crippen LogP contribution in [0.2, 0.25) is 5.02 Å². The Labute approximate surface area is 173 Å². The van der Waals surface area contributed by atoms with Crippen molar-refractivity contribution in [2.75, 3.05) is 29.9 Å². The van der Waals surface area contributed by atoms with Gasteiger partial charge >= 0.3 is 0 Å². The highest BCUT2D eigenvalue weighted by molar-refractivity contribution is 7.92. The molecule has 0 aliphatic carbocycles. The SMILES string of the molecule is CO[C@H](C)C(=O)Nc1cnc2c(c1)N(S(=O)(=O)c1cccc(Cl)c1)C[C@H](CO)O2. The zero-order valence-electron chi connectivity index (χ0n) is 15.7. The smallest absolute Gasteiger partial charge is 0.264 e. The lowest BCUT2D eigenvalue weighted by atomic mass is 10.2. The van der Waals surface area contributed by atoms with Crippen molar-refractivity contribution >= 4 is 38.9 Å². The van der Waals surface area contributed by atoms with Crippen molar-refractivity contribution in [1.29, 1.82) is 0 Å². The van der Waals surface area contributed by atoms with Crippen molar-refractivity contribution in [2.45, 2.75) is 24.0 Å². The van der Waals surface area contributed by atoms with Gasteiger partial charge in [0.25, 0.3) is 15.9 Å². The number of nitrogens with one attached hydrogen (secondary N) is 1. The minimum atomic E-state index is -4.03. The number of carbonyl (C=O) groups is 1. The van der Waals surface area contributed by atoms with Crippen LogP contribution in [0.5, 0.6) is 5.88 Å². The first-order chi connectivity index (χ1) is 13.8. The molecule has 1 aromatic carbocycles. The molecule has 0 spiro atoms. The number of hydrogen-bond acceptors (Lipinski definition) is 7. The molecular weight excluding hydrogens is 422 g/mol. The van der Waals surface area contributed by atoms with Gasteiger partial charge in [-0.2, -0.15) is 0 Å². The Bertz CT molecular complexity index is 1020. The molecule has 1 aliphatic heterocycles. The lowest BCUT2D eigenvalue weighted by Crippen LogP contribution is -2.45. The summed E-state index contributed by atoms with van der Waals surface area (Å²) in [7, 11) is -2.63. The number of benzene rings is 1. The van der Waals surface area contributed by atoms with E-state index in [1.165, 1.54) is 37.6 Å². The quantitative estimate of drug-likeness (QED) is 0.699. The summed E-state index contributed by atoms with van der Waals surface area (Å²) in [5.74, 6) is -0.387. The third kappa shape index (κ3) is 4.45. The van der Waals surface area contributed by atoms with E-state index in [9.17, 15) is 18.3 Å². The molecule has 0 saturated carbocycles. The minimum Gasteiger partial charge on any atom is -0.468 e. The Hall–Kier alpha value is -2.40. The molecule has 2 N–H and O–H groups in total. The average molecular weight is 442 g/mol. The van der Waals surface area contributed by atoms with Gasteiger partial charge in [-0.1, -0.05) is 17.7 Å². The van der Waals surface area contributed by atoms with Crippen LogP contribution in [0.3, 0.4) is 0 Å².